The van der Waals surface area contributed by atoms with E-state index in [1.165, 1.54) is 0 Å². The summed E-state index contributed by atoms with van der Waals surface area (Å²) in [5.41, 5.74) is 0.587. The fraction of sp³-hybridized carbons (Fsp3) is 0.571. The molecular formula is C14H22N2O2. The normalized spacial score (nSPS) is 12.5. The molecule has 0 spiro atoms. The Kier molecular flexibility index (Phi) is 5.78. The van der Waals surface area contributed by atoms with E-state index in [1.54, 1.807) is 18.5 Å². The van der Waals surface area contributed by atoms with Gasteiger partial charge in [0.25, 0.3) is 0 Å². The Bertz CT molecular complexity index is 391. The second kappa shape index (κ2) is 7.11. The molecule has 0 aliphatic heterocycles. The van der Waals surface area contributed by atoms with Crippen molar-refractivity contribution in [2.45, 2.75) is 46.3 Å². The molecule has 1 N–H and O–H groups in total. The Morgan fingerprint density at radius 3 is 2.72 bits per heavy atom. The molecule has 1 aromatic rings. The van der Waals surface area contributed by atoms with Crippen LogP contribution in [-0.4, -0.2) is 29.5 Å². The highest BCUT2D eigenvalue weighted by Crippen LogP contribution is 2.13. The molecule has 1 unspecified atom stereocenters. The van der Waals surface area contributed by atoms with E-state index in [-0.39, 0.29) is 11.9 Å². The first-order valence-corrected chi connectivity index (χ1v) is 6.41. The summed E-state index contributed by atoms with van der Waals surface area (Å²) in [6.07, 6.45) is 4.28. The van der Waals surface area contributed by atoms with Crippen molar-refractivity contribution in [2.24, 2.45) is 0 Å². The number of aromatic nitrogens is 1. The fourth-order valence-electron chi connectivity index (χ4n) is 1.42. The third-order valence-corrected chi connectivity index (χ3v) is 2.63. The summed E-state index contributed by atoms with van der Waals surface area (Å²) in [6.45, 7) is 8.37. The third-order valence-electron chi connectivity index (χ3n) is 2.63. The molecule has 100 valence electrons. The van der Waals surface area contributed by atoms with E-state index in [0.29, 0.717) is 23.9 Å². The predicted octanol–water partition coefficient (Wildman–Crippen LogP) is 2.44. The van der Waals surface area contributed by atoms with Gasteiger partial charge < -0.3 is 10.1 Å². The van der Waals surface area contributed by atoms with Crippen molar-refractivity contribution in [1.82, 2.24) is 10.3 Å². The molecule has 0 bridgehead atoms. The SMILES string of the molecule is CCC(C)NCC(=O)c1cncc(OC(C)C)c1. The summed E-state index contributed by atoms with van der Waals surface area (Å²) in [5.74, 6) is 0.677. The highest BCUT2D eigenvalue weighted by Gasteiger charge is 2.09. The molecule has 0 aliphatic carbocycles. The lowest BCUT2D eigenvalue weighted by Gasteiger charge is -2.12. The number of nitrogens with one attached hydrogen (secondary N) is 1. The minimum atomic E-state index is 0.0389. The average molecular weight is 250 g/mol. The number of Topliss-reactive ketones (excluding diaryl/α,β-unsaturated/α-hetero) is 1. The first kappa shape index (κ1) is 14.6. The van der Waals surface area contributed by atoms with Crippen LogP contribution >= 0.6 is 0 Å². The summed E-state index contributed by atoms with van der Waals surface area (Å²) in [5, 5.41) is 3.17. The standard InChI is InChI=1S/C14H22N2O2/c1-5-11(4)16-9-14(17)12-6-13(8-15-7-12)18-10(2)3/h6-8,10-11,16H,5,9H2,1-4H3. The first-order valence-electron chi connectivity index (χ1n) is 6.41. The van der Waals surface area contributed by atoms with Gasteiger partial charge in [-0.1, -0.05) is 6.92 Å². The molecule has 0 aliphatic rings. The van der Waals surface area contributed by atoms with Crippen molar-refractivity contribution >= 4 is 5.78 Å². The van der Waals surface area contributed by atoms with E-state index < -0.39 is 0 Å². The molecule has 4 nitrogen and oxygen atoms in total. The predicted molar refractivity (Wildman–Crippen MR) is 72.1 cm³/mol. The topological polar surface area (TPSA) is 51.2 Å². The van der Waals surface area contributed by atoms with Crippen LogP contribution in [0.15, 0.2) is 18.5 Å². The van der Waals surface area contributed by atoms with Crippen LogP contribution in [-0.2, 0) is 0 Å². The van der Waals surface area contributed by atoms with Crippen LogP contribution in [0.5, 0.6) is 5.75 Å². The number of pyridine rings is 1. The molecule has 1 atom stereocenters. The van der Waals surface area contributed by atoms with E-state index in [1.807, 2.05) is 13.8 Å². The molecule has 0 radical (unpaired) electrons. The summed E-state index contributed by atoms with van der Waals surface area (Å²) >= 11 is 0. The molecule has 18 heavy (non-hydrogen) atoms. The number of carbonyl (C=O) groups is 1. The number of hydrogen-bond acceptors (Lipinski definition) is 4. The number of ether oxygens (including phenoxy) is 1. The first-order chi connectivity index (χ1) is 8.52. The molecule has 0 saturated heterocycles. The Morgan fingerprint density at radius 2 is 2.11 bits per heavy atom. The molecule has 0 aromatic carbocycles. The van der Waals surface area contributed by atoms with E-state index in [9.17, 15) is 4.79 Å². The van der Waals surface area contributed by atoms with Crippen LogP contribution in [0, 0.1) is 0 Å². The van der Waals surface area contributed by atoms with Crippen LogP contribution in [0.2, 0.25) is 0 Å². The second-order valence-corrected chi connectivity index (χ2v) is 4.69. The molecule has 0 amide bonds. The van der Waals surface area contributed by atoms with Gasteiger partial charge >= 0.3 is 0 Å². The van der Waals surface area contributed by atoms with Gasteiger partial charge in [-0.05, 0) is 33.3 Å². The van der Waals surface area contributed by atoms with Crippen LogP contribution in [0.25, 0.3) is 0 Å². The van der Waals surface area contributed by atoms with Gasteiger partial charge in [-0.3, -0.25) is 9.78 Å². The number of rotatable bonds is 7. The van der Waals surface area contributed by atoms with Crippen LogP contribution < -0.4 is 10.1 Å². The second-order valence-electron chi connectivity index (χ2n) is 4.69. The molecule has 0 fully saturated rings. The van der Waals surface area contributed by atoms with Crippen LogP contribution in [0.4, 0.5) is 0 Å². The zero-order valence-corrected chi connectivity index (χ0v) is 11.6. The summed E-state index contributed by atoms with van der Waals surface area (Å²) in [4.78, 5) is 16.0. The van der Waals surface area contributed by atoms with Gasteiger partial charge in [0.05, 0.1) is 18.8 Å². The third kappa shape index (κ3) is 4.84. The molecule has 4 heteroatoms. The van der Waals surface area contributed by atoms with Crippen molar-refractivity contribution in [3.63, 3.8) is 0 Å². The fourth-order valence-corrected chi connectivity index (χ4v) is 1.42. The van der Waals surface area contributed by atoms with Gasteiger partial charge in [0, 0.05) is 17.8 Å². The van der Waals surface area contributed by atoms with Crippen molar-refractivity contribution < 1.29 is 9.53 Å². The van der Waals surface area contributed by atoms with Crippen LogP contribution in [0.3, 0.4) is 0 Å². The van der Waals surface area contributed by atoms with Gasteiger partial charge in [0.2, 0.25) is 0 Å². The Labute approximate surface area is 109 Å². The lowest BCUT2D eigenvalue weighted by atomic mass is 10.1. The molecular weight excluding hydrogens is 228 g/mol. The summed E-state index contributed by atoms with van der Waals surface area (Å²) < 4.78 is 5.52. The Hall–Kier alpha value is -1.42. The molecule has 1 aromatic heterocycles. The summed E-state index contributed by atoms with van der Waals surface area (Å²) in [7, 11) is 0. The zero-order valence-electron chi connectivity index (χ0n) is 11.6. The maximum absolute atomic E-state index is 11.9. The van der Waals surface area contributed by atoms with Crippen LogP contribution in [0.1, 0.15) is 44.5 Å². The average Bonchev–Trinajstić information content (AvgIpc) is 2.35. The lowest BCUT2D eigenvalue weighted by molar-refractivity contribution is 0.0986. The maximum Gasteiger partial charge on any atom is 0.178 e. The van der Waals surface area contributed by atoms with Gasteiger partial charge in [-0.25, -0.2) is 0 Å². The summed E-state index contributed by atoms with van der Waals surface area (Å²) in [6, 6.07) is 2.09. The smallest absolute Gasteiger partial charge is 0.178 e. The number of nitrogens with zero attached hydrogens (tertiary/aromatic N) is 1. The highest BCUT2D eigenvalue weighted by atomic mass is 16.5. The van der Waals surface area contributed by atoms with Gasteiger partial charge in [0.1, 0.15) is 5.75 Å². The number of hydrogen-bond donors (Lipinski definition) is 1. The minimum absolute atomic E-state index is 0.0389. The molecule has 1 rings (SSSR count). The van der Waals surface area contributed by atoms with E-state index in [2.05, 4.69) is 24.1 Å². The van der Waals surface area contributed by atoms with Crippen molar-refractivity contribution in [3.8, 4) is 5.75 Å². The van der Waals surface area contributed by atoms with Gasteiger partial charge in [-0.2, -0.15) is 0 Å². The van der Waals surface area contributed by atoms with Crippen molar-refractivity contribution in [3.05, 3.63) is 24.0 Å². The number of carbonyl (C=O) groups excluding carboxylic acids is 1. The van der Waals surface area contributed by atoms with Crippen molar-refractivity contribution in [2.75, 3.05) is 6.54 Å². The van der Waals surface area contributed by atoms with E-state index >= 15 is 0 Å². The maximum atomic E-state index is 11.9. The quantitative estimate of drug-likeness (QED) is 0.755. The Morgan fingerprint density at radius 1 is 1.39 bits per heavy atom. The largest absolute Gasteiger partial charge is 0.489 e. The van der Waals surface area contributed by atoms with Crippen molar-refractivity contribution in [1.29, 1.82) is 0 Å². The zero-order chi connectivity index (χ0) is 13.5. The highest BCUT2D eigenvalue weighted by molar-refractivity contribution is 5.97. The van der Waals surface area contributed by atoms with Gasteiger partial charge in [0.15, 0.2) is 5.78 Å². The van der Waals surface area contributed by atoms with E-state index in [0.717, 1.165) is 6.42 Å². The molecule has 0 saturated carbocycles. The van der Waals surface area contributed by atoms with E-state index in [4.69, 9.17) is 4.74 Å². The molecule has 1 heterocycles. The number of ketones is 1. The van der Waals surface area contributed by atoms with Gasteiger partial charge in [-0.15, -0.1) is 0 Å². The lowest BCUT2D eigenvalue weighted by Crippen LogP contribution is -2.30. The Balaban J connectivity index is 2.62. The minimum Gasteiger partial charge on any atom is -0.489 e. The monoisotopic (exact) mass is 250 g/mol.